The third kappa shape index (κ3) is 2.49. The molecular formula is C17H16N2O. The molecule has 1 heterocycles. The normalized spacial score (nSPS) is 10.7. The van der Waals surface area contributed by atoms with Crippen LogP contribution in [0.2, 0.25) is 0 Å². The first-order chi connectivity index (χ1) is 9.76. The van der Waals surface area contributed by atoms with Gasteiger partial charge in [-0.2, -0.15) is 0 Å². The van der Waals surface area contributed by atoms with Gasteiger partial charge in [-0.05, 0) is 42.3 Å². The Bertz CT molecular complexity index is 753. The Kier molecular flexibility index (Phi) is 3.35. The van der Waals surface area contributed by atoms with Gasteiger partial charge in [0.05, 0.1) is 5.52 Å². The van der Waals surface area contributed by atoms with Crippen molar-refractivity contribution in [2.75, 3.05) is 0 Å². The van der Waals surface area contributed by atoms with Crippen molar-refractivity contribution in [2.24, 2.45) is 5.73 Å². The molecule has 0 bridgehead atoms. The molecule has 0 spiro atoms. The van der Waals surface area contributed by atoms with E-state index in [1.807, 2.05) is 55.5 Å². The summed E-state index contributed by atoms with van der Waals surface area (Å²) in [4.78, 5) is 4.34. The van der Waals surface area contributed by atoms with Gasteiger partial charge in [0.2, 0.25) is 0 Å². The number of pyridine rings is 1. The van der Waals surface area contributed by atoms with Crippen LogP contribution < -0.4 is 10.5 Å². The summed E-state index contributed by atoms with van der Waals surface area (Å²) in [5, 5.41) is 1.10. The second-order valence-electron chi connectivity index (χ2n) is 4.76. The minimum atomic E-state index is 0.510. The molecule has 0 fully saturated rings. The van der Waals surface area contributed by atoms with E-state index in [-0.39, 0.29) is 0 Å². The summed E-state index contributed by atoms with van der Waals surface area (Å²) in [6.45, 7) is 2.53. The molecule has 3 heteroatoms. The van der Waals surface area contributed by atoms with Crippen molar-refractivity contribution in [1.29, 1.82) is 0 Å². The molecule has 0 saturated carbocycles. The molecular weight excluding hydrogens is 248 g/mol. The molecule has 0 radical (unpaired) electrons. The van der Waals surface area contributed by atoms with Gasteiger partial charge >= 0.3 is 0 Å². The van der Waals surface area contributed by atoms with E-state index in [0.29, 0.717) is 6.54 Å². The van der Waals surface area contributed by atoms with E-state index in [4.69, 9.17) is 10.5 Å². The number of fused-ring (bicyclic) bond motifs is 1. The molecule has 0 aliphatic rings. The molecule has 100 valence electrons. The van der Waals surface area contributed by atoms with Crippen LogP contribution in [0.25, 0.3) is 10.9 Å². The summed E-state index contributed by atoms with van der Waals surface area (Å²) in [5.74, 6) is 1.62. The van der Waals surface area contributed by atoms with Crippen LogP contribution in [0.4, 0.5) is 0 Å². The summed E-state index contributed by atoms with van der Waals surface area (Å²) in [5.41, 5.74) is 8.75. The van der Waals surface area contributed by atoms with Gasteiger partial charge in [-0.25, -0.2) is 0 Å². The maximum absolute atomic E-state index is 5.96. The van der Waals surface area contributed by atoms with Crippen molar-refractivity contribution in [3.8, 4) is 11.5 Å². The van der Waals surface area contributed by atoms with Gasteiger partial charge in [-0.15, -0.1) is 0 Å². The Morgan fingerprint density at radius 2 is 2.00 bits per heavy atom. The number of aromatic nitrogens is 1. The lowest BCUT2D eigenvalue weighted by Gasteiger charge is -2.10. The molecule has 0 aliphatic heterocycles. The standard InChI is InChI=1S/C17H16N2O/c1-12-4-5-13(11-18)9-17(12)20-15-7-6-14-3-2-8-19-16(14)10-15/h2-10H,11,18H2,1H3. The molecule has 0 atom stereocenters. The molecule has 2 N–H and O–H groups in total. The number of nitrogens with zero attached hydrogens (tertiary/aromatic N) is 1. The molecule has 0 amide bonds. The van der Waals surface area contributed by atoms with E-state index in [1.54, 1.807) is 6.20 Å². The molecule has 20 heavy (non-hydrogen) atoms. The Morgan fingerprint density at radius 3 is 2.85 bits per heavy atom. The van der Waals surface area contributed by atoms with Crippen molar-refractivity contribution in [1.82, 2.24) is 4.98 Å². The monoisotopic (exact) mass is 264 g/mol. The fraction of sp³-hybridized carbons (Fsp3) is 0.118. The zero-order valence-electron chi connectivity index (χ0n) is 11.3. The lowest BCUT2D eigenvalue weighted by atomic mass is 10.1. The number of hydrogen-bond donors (Lipinski definition) is 1. The summed E-state index contributed by atoms with van der Waals surface area (Å²) >= 11 is 0. The highest BCUT2D eigenvalue weighted by atomic mass is 16.5. The van der Waals surface area contributed by atoms with Crippen LogP contribution in [0.15, 0.2) is 54.7 Å². The van der Waals surface area contributed by atoms with E-state index in [9.17, 15) is 0 Å². The fourth-order valence-corrected chi connectivity index (χ4v) is 2.12. The lowest BCUT2D eigenvalue weighted by Crippen LogP contribution is -1.97. The summed E-state index contributed by atoms with van der Waals surface area (Å²) < 4.78 is 5.96. The first-order valence-electron chi connectivity index (χ1n) is 6.58. The minimum Gasteiger partial charge on any atom is -0.457 e. The third-order valence-electron chi connectivity index (χ3n) is 3.29. The fourth-order valence-electron chi connectivity index (χ4n) is 2.12. The molecule has 2 aromatic carbocycles. The van der Waals surface area contributed by atoms with Crippen molar-refractivity contribution < 1.29 is 4.74 Å². The predicted octanol–water partition coefficient (Wildman–Crippen LogP) is 3.79. The number of benzene rings is 2. The molecule has 3 aromatic rings. The number of nitrogens with two attached hydrogens (primary N) is 1. The molecule has 3 nitrogen and oxygen atoms in total. The van der Waals surface area contributed by atoms with E-state index >= 15 is 0 Å². The molecule has 1 aromatic heterocycles. The zero-order chi connectivity index (χ0) is 13.9. The minimum absolute atomic E-state index is 0.510. The van der Waals surface area contributed by atoms with E-state index in [2.05, 4.69) is 4.98 Å². The van der Waals surface area contributed by atoms with E-state index in [1.165, 1.54) is 0 Å². The van der Waals surface area contributed by atoms with Gasteiger partial charge < -0.3 is 10.5 Å². The first-order valence-corrected chi connectivity index (χ1v) is 6.58. The first kappa shape index (κ1) is 12.6. The number of rotatable bonds is 3. The largest absolute Gasteiger partial charge is 0.457 e. The summed E-state index contributed by atoms with van der Waals surface area (Å²) in [6, 6.07) is 15.9. The van der Waals surface area contributed by atoms with Crippen molar-refractivity contribution in [3.63, 3.8) is 0 Å². The summed E-state index contributed by atoms with van der Waals surface area (Å²) in [6.07, 6.45) is 1.78. The zero-order valence-corrected chi connectivity index (χ0v) is 11.3. The average Bonchev–Trinajstić information content (AvgIpc) is 2.49. The molecule has 3 rings (SSSR count). The van der Waals surface area contributed by atoms with Crippen LogP contribution in [0.1, 0.15) is 11.1 Å². The van der Waals surface area contributed by atoms with Crippen LogP contribution in [0, 0.1) is 6.92 Å². The Hall–Kier alpha value is -2.39. The highest BCUT2D eigenvalue weighted by Gasteiger charge is 2.04. The summed E-state index contributed by atoms with van der Waals surface area (Å²) in [7, 11) is 0. The molecule has 0 saturated heterocycles. The van der Waals surface area contributed by atoms with Gasteiger partial charge in [0.15, 0.2) is 0 Å². The Labute approximate surface area is 118 Å². The highest BCUT2D eigenvalue weighted by molar-refractivity contribution is 5.79. The van der Waals surface area contributed by atoms with Crippen LogP contribution >= 0.6 is 0 Å². The predicted molar refractivity (Wildman–Crippen MR) is 80.9 cm³/mol. The van der Waals surface area contributed by atoms with Crippen LogP contribution in [-0.4, -0.2) is 4.98 Å². The van der Waals surface area contributed by atoms with E-state index < -0.39 is 0 Å². The van der Waals surface area contributed by atoms with Gasteiger partial charge in [0.1, 0.15) is 11.5 Å². The van der Waals surface area contributed by atoms with E-state index in [0.717, 1.165) is 33.5 Å². The number of hydrogen-bond acceptors (Lipinski definition) is 3. The average molecular weight is 264 g/mol. The van der Waals surface area contributed by atoms with Crippen LogP contribution in [0.3, 0.4) is 0 Å². The van der Waals surface area contributed by atoms with Gasteiger partial charge in [-0.3, -0.25) is 4.98 Å². The van der Waals surface area contributed by atoms with Gasteiger partial charge in [0, 0.05) is 24.2 Å². The lowest BCUT2D eigenvalue weighted by molar-refractivity contribution is 0.479. The van der Waals surface area contributed by atoms with Crippen LogP contribution in [0.5, 0.6) is 11.5 Å². The number of ether oxygens (including phenoxy) is 1. The third-order valence-corrected chi connectivity index (χ3v) is 3.29. The van der Waals surface area contributed by atoms with Crippen molar-refractivity contribution in [3.05, 3.63) is 65.9 Å². The SMILES string of the molecule is Cc1ccc(CN)cc1Oc1ccc2cccnc2c1. The van der Waals surface area contributed by atoms with Gasteiger partial charge in [0.25, 0.3) is 0 Å². The number of aryl methyl sites for hydroxylation is 1. The smallest absolute Gasteiger partial charge is 0.130 e. The maximum atomic E-state index is 5.96. The van der Waals surface area contributed by atoms with Crippen molar-refractivity contribution >= 4 is 10.9 Å². The highest BCUT2D eigenvalue weighted by Crippen LogP contribution is 2.28. The topological polar surface area (TPSA) is 48.1 Å². The van der Waals surface area contributed by atoms with Crippen LogP contribution in [-0.2, 0) is 6.54 Å². The van der Waals surface area contributed by atoms with Crippen molar-refractivity contribution in [2.45, 2.75) is 13.5 Å². The Morgan fingerprint density at radius 1 is 1.10 bits per heavy atom. The second kappa shape index (κ2) is 5.31. The Balaban J connectivity index is 1.96. The van der Waals surface area contributed by atoms with Gasteiger partial charge in [-0.1, -0.05) is 18.2 Å². The quantitative estimate of drug-likeness (QED) is 0.782. The second-order valence-corrected chi connectivity index (χ2v) is 4.76. The maximum Gasteiger partial charge on any atom is 0.130 e. The molecule has 0 unspecified atom stereocenters. The molecule has 0 aliphatic carbocycles.